The van der Waals surface area contributed by atoms with Crippen molar-refractivity contribution in [1.29, 1.82) is 10.5 Å². The van der Waals surface area contributed by atoms with Crippen LogP contribution in [0, 0.1) is 43.4 Å². The lowest BCUT2D eigenvalue weighted by molar-refractivity contribution is -0.275. The molecule has 9 rings (SSSR count). The van der Waals surface area contributed by atoms with E-state index in [0.717, 1.165) is 89.6 Å². The summed E-state index contributed by atoms with van der Waals surface area (Å²) in [6, 6.07) is 37.8. The molecule has 516 valence electrons. The highest BCUT2D eigenvalue weighted by Crippen LogP contribution is 2.42. The third-order valence-corrected chi connectivity index (χ3v) is 13.6. The normalized spacial score (nSPS) is 12.1. The summed E-state index contributed by atoms with van der Waals surface area (Å²) in [5.41, 5.74) is 5.66. The zero-order valence-electron chi connectivity index (χ0n) is 49.7. The van der Waals surface area contributed by atoms with E-state index in [1.54, 1.807) is 19.9 Å². The molecular weight excluding hydrogens is 1410 g/mol. The molecule has 0 spiro atoms. The SMILES string of the molecule is Cc1cc(CBr)no1.Cc1cc(CC(C#N)(c2cccc(OC(F)(F)F)c2)c2cccc(OC(F)(F)F)c2)no1.Cc1cc(CC(CN)(c2cccc(OC(F)(F)F)c2)c2cccc(OC(F)(F)F)c2)no1.N#CC(c1cccc(OC(F)(F)F)c1)c1cccc(OC(F)(F)F)c1. The van der Waals surface area contributed by atoms with Crippen LogP contribution in [0.5, 0.6) is 34.5 Å². The van der Waals surface area contributed by atoms with Gasteiger partial charge in [0, 0.05) is 48.3 Å². The number of benzene rings is 6. The number of halogens is 19. The van der Waals surface area contributed by atoms with Crippen molar-refractivity contribution in [3.05, 3.63) is 232 Å². The second-order valence-electron chi connectivity index (χ2n) is 20.2. The summed E-state index contributed by atoms with van der Waals surface area (Å²) < 4.78 is 265. The highest BCUT2D eigenvalue weighted by atomic mass is 79.9. The van der Waals surface area contributed by atoms with E-state index in [-0.39, 0.29) is 58.5 Å². The van der Waals surface area contributed by atoms with Gasteiger partial charge in [0.15, 0.2) is 0 Å². The number of aromatic nitrogens is 3. The van der Waals surface area contributed by atoms with Crippen molar-refractivity contribution in [2.45, 2.75) is 93.9 Å². The van der Waals surface area contributed by atoms with Crippen molar-refractivity contribution in [2.75, 3.05) is 6.54 Å². The molecule has 6 aromatic carbocycles. The van der Waals surface area contributed by atoms with Gasteiger partial charge in [-0.3, -0.25) is 0 Å². The summed E-state index contributed by atoms with van der Waals surface area (Å²) in [6.45, 7) is 4.94. The molecule has 3 aromatic heterocycles. The molecule has 0 aliphatic carbocycles. The first-order chi connectivity index (χ1) is 45.2. The van der Waals surface area contributed by atoms with Gasteiger partial charge in [-0.1, -0.05) is 104 Å². The second kappa shape index (κ2) is 31.6. The molecule has 34 heteroatoms. The molecule has 0 unspecified atom stereocenters. The van der Waals surface area contributed by atoms with Crippen molar-refractivity contribution in [2.24, 2.45) is 5.73 Å². The van der Waals surface area contributed by atoms with E-state index in [9.17, 15) is 89.6 Å². The van der Waals surface area contributed by atoms with Crippen LogP contribution in [0.3, 0.4) is 0 Å². The van der Waals surface area contributed by atoms with Gasteiger partial charge in [0.05, 0.1) is 35.1 Å². The number of hydrogen-bond donors (Lipinski definition) is 1. The Bertz CT molecular complexity index is 3940. The fourth-order valence-corrected chi connectivity index (χ4v) is 9.57. The Morgan fingerprint density at radius 1 is 0.402 bits per heavy atom. The molecule has 0 amide bonds. The fraction of sp³-hybridized carbons (Fsp3) is 0.254. The first-order valence-corrected chi connectivity index (χ1v) is 28.3. The molecule has 0 saturated heterocycles. The summed E-state index contributed by atoms with van der Waals surface area (Å²) in [4.78, 5) is 0. The molecule has 0 atom stereocenters. The molecule has 0 radical (unpaired) electrons. The third kappa shape index (κ3) is 24.0. The quantitative estimate of drug-likeness (QED) is 0.0626. The van der Waals surface area contributed by atoms with Crippen molar-refractivity contribution < 1.29 is 121 Å². The first kappa shape index (κ1) is 75.9. The Labute approximate surface area is 545 Å². The van der Waals surface area contributed by atoms with E-state index in [1.807, 2.05) is 25.1 Å². The number of alkyl halides is 19. The van der Waals surface area contributed by atoms with Gasteiger partial charge in [-0.15, -0.1) is 79.0 Å². The Morgan fingerprint density at radius 3 is 0.938 bits per heavy atom. The summed E-state index contributed by atoms with van der Waals surface area (Å²) in [7, 11) is 0. The van der Waals surface area contributed by atoms with Crippen molar-refractivity contribution >= 4 is 15.9 Å². The van der Waals surface area contributed by atoms with Gasteiger partial charge < -0.3 is 47.7 Å². The smallest absolute Gasteiger partial charge is 0.406 e. The van der Waals surface area contributed by atoms with E-state index >= 15 is 0 Å². The van der Waals surface area contributed by atoms with Crippen LogP contribution in [0.1, 0.15) is 73.7 Å². The minimum Gasteiger partial charge on any atom is -0.406 e. The van der Waals surface area contributed by atoms with Gasteiger partial charge in [0.1, 0.15) is 57.2 Å². The molecule has 97 heavy (non-hydrogen) atoms. The van der Waals surface area contributed by atoms with E-state index < -0.39 is 89.4 Å². The lowest BCUT2D eigenvalue weighted by atomic mass is 9.71. The van der Waals surface area contributed by atoms with Crippen LogP contribution in [0.2, 0.25) is 0 Å². The fourth-order valence-electron chi connectivity index (χ4n) is 9.31. The summed E-state index contributed by atoms with van der Waals surface area (Å²) in [5, 5.41) is 31.7. The van der Waals surface area contributed by atoms with E-state index in [0.29, 0.717) is 17.2 Å². The van der Waals surface area contributed by atoms with Crippen LogP contribution in [-0.4, -0.2) is 60.2 Å². The van der Waals surface area contributed by atoms with Gasteiger partial charge in [0.2, 0.25) is 0 Å². The number of nitriles is 2. The number of nitrogens with zero attached hydrogens (tertiary/aromatic N) is 5. The van der Waals surface area contributed by atoms with E-state index in [4.69, 9.17) is 19.3 Å². The van der Waals surface area contributed by atoms with E-state index in [2.05, 4.69) is 59.8 Å². The standard InChI is InChI=1S/C21H18F6N2O3.C21H14F6N2O3.C16H9F6NO2.C5H6BrNO/c2*1-13-8-16(29-32-13)11-19(12-28,14-4-2-6-17(9-14)30-20(22,23)24)15-5-3-7-18(10-15)31-21(25,26)27;17-15(18,19)24-12-5-1-3-10(7-12)14(9-23)11-4-2-6-13(8-11)25-16(20,21)22;1-4-2-5(3-6)7-8-4/h2-10H,11-12,28H2,1H3;2-10H,11H2,1H3;1-8,14H;2H,3H2,1H3. The van der Waals surface area contributed by atoms with E-state index in [1.165, 1.54) is 78.9 Å². The summed E-state index contributed by atoms with van der Waals surface area (Å²) in [6.07, 6.45) is -29.8. The van der Waals surface area contributed by atoms with Gasteiger partial charge in [-0.2, -0.15) is 10.5 Å². The average Bonchev–Trinajstić information content (AvgIpc) is 1.75. The maximum absolute atomic E-state index is 12.7. The molecule has 15 nitrogen and oxygen atoms in total. The van der Waals surface area contributed by atoms with Crippen LogP contribution in [0.15, 0.2) is 177 Å². The molecule has 0 saturated carbocycles. The minimum atomic E-state index is -4.97. The summed E-state index contributed by atoms with van der Waals surface area (Å²) >= 11 is 3.25. The average molecular weight is 1450 g/mol. The predicted octanol–water partition coefficient (Wildman–Crippen LogP) is 18.1. The molecule has 9 aromatic rings. The monoisotopic (exact) mass is 1450 g/mol. The third-order valence-electron chi connectivity index (χ3n) is 13.0. The van der Waals surface area contributed by atoms with Crippen molar-refractivity contribution in [1.82, 2.24) is 15.5 Å². The Kier molecular flexibility index (Phi) is 24.8. The number of rotatable bonds is 18. The highest BCUT2D eigenvalue weighted by Gasteiger charge is 2.41. The zero-order valence-corrected chi connectivity index (χ0v) is 51.2. The molecule has 2 N–H and O–H groups in total. The lowest BCUT2D eigenvalue weighted by Gasteiger charge is -2.34. The number of nitrogens with two attached hydrogens (primary N) is 1. The van der Waals surface area contributed by atoms with Crippen LogP contribution < -0.4 is 34.2 Å². The zero-order chi connectivity index (χ0) is 71.8. The second-order valence-corrected chi connectivity index (χ2v) is 20.7. The molecule has 0 aliphatic heterocycles. The molecule has 0 aliphatic rings. The van der Waals surface area contributed by atoms with Crippen LogP contribution in [0.25, 0.3) is 0 Å². The van der Waals surface area contributed by atoms with Crippen molar-refractivity contribution in [3.63, 3.8) is 0 Å². The minimum absolute atomic E-state index is 0.0335. The Hall–Kier alpha value is -10.1. The number of hydrogen-bond acceptors (Lipinski definition) is 15. The molecule has 0 fully saturated rings. The van der Waals surface area contributed by atoms with Crippen LogP contribution in [-0.2, 0) is 29.0 Å². The van der Waals surface area contributed by atoms with Crippen LogP contribution in [0.4, 0.5) is 79.0 Å². The van der Waals surface area contributed by atoms with Gasteiger partial charge in [-0.05, 0) is 127 Å². The van der Waals surface area contributed by atoms with Crippen LogP contribution >= 0.6 is 15.9 Å². The predicted molar refractivity (Wildman–Crippen MR) is 306 cm³/mol. The number of aryl methyl sites for hydroxylation is 3. The Balaban J connectivity index is 0.000000218. The number of ether oxygens (including phenoxy) is 6. The first-order valence-electron chi connectivity index (χ1n) is 27.2. The molecular formula is C63H47BrF18N6O9. The molecule has 0 bridgehead atoms. The highest BCUT2D eigenvalue weighted by molar-refractivity contribution is 9.08. The largest absolute Gasteiger partial charge is 0.573 e. The van der Waals surface area contributed by atoms with Gasteiger partial charge >= 0.3 is 38.2 Å². The maximum Gasteiger partial charge on any atom is 0.573 e. The van der Waals surface area contributed by atoms with Crippen molar-refractivity contribution in [3.8, 4) is 46.6 Å². The van der Waals surface area contributed by atoms with Gasteiger partial charge in [0.25, 0.3) is 0 Å². The van der Waals surface area contributed by atoms with Gasteiger partial charge in [-0.25, -0.2) is 0 Å². The topological polar surface area (TPSA) is 207 Å². The Morgan fingerprint density at radius 2 is 0.680 bits per heavy atom. The summed E-state index contributed by atoms with van der Waals surface area (Å²) in [5.74, 6) is -2.58. The lowest BCUT2D eigenvalue weighted by Crippen LogP contribution is -2.39. The maximum atomic E-state index is 12.7. The molecule has 3 heterocycles.